The zero-order chi connectivity index (χ0) is 18.1. The highest BCUT2D eigenvalue weighted by molar-refractivity contribution is 7.16. The first-order valence-electron chi connectivity index (χ1n) is 8.67. The molecule has 2 aromatic carbocycles. The number of aryl methyl sites for hydroxylation is 5. The van der Waals surface area contributed by atoms with Crippen molar-refractivity contribution in [1.82, 2.24) is 4.57 Å². The number of aromatic nitrogens is 1. The smallest absolute Gasteiger partial charge is 0.279 e. The average molecular weight is 353 g/mol. The van der Waals surface area contributed by atoms with Gasteiger partial charge in [-0.2, -0.15) is 4.99 Å². The van der Waals surface area contributed by atoms with Gasteiger partial charge < -0.3 is 4.57 Å². The van der Waals surface area contributed by atoms with Crippen molar-refractivity contribution in [3.05, 3.63) is 63.0 Å². The molecule has 0 spiro atoms. The molecule has 0 N–H and O–H groups in total. The second-order valence-electron chi connectivity index (χ2n) is 6.66. The Hall–Kier alpha value is -2.20. The molecule has 0 saturated carbocycles. The number of thiazole rings is 1. The van der Waals surface area contributed by atoms with Gasteiger partial charge in [0.15, 0.2) is 4.80 Å². The molecule has 3 aromatic rings. The molecule has 1 amide bonds. The quantitative estimate of drug-likeness (QED) is 0.646. The lowest BCUT2D eigenvalue weighted by Gasteiger charge is -2.05. The molecule has 0 bridgehead atoms. The Morgan fingerprint density at radius 1 is 1.00 bits per heavy atom. The van der Waals surface area contributed by atoms with Crippen LogP contribution >= 0.6 is 11.3 Å². The molecular formula is C21H24N2OS. The Kier molecular flexibility index (Phi) is 4.91. The van der Waals surface area contributed by atoms with Crippen LogP contribution in [0.1, 0.15) is 46.0 Å². The number of nitrogens with zero attached hydrogens (tertiary/aromatic N) is 2. The van der Waals surface area contributed by atoms with Gasteiger partial charge in [-0.1, -0.05) is 24.3 Å². The molecule has 4 heteroatoms. The summed E-state index contributed by atoms with van der Waals surface area (Å²) in [4.78, 5) is 17.9. The van der Waals surface area contributed by atoms with Crippen LogP contribution in [0.4, 0.5) is 0 Å². The molecule has 0 unspecified atom stereocenters. The van der Waals surface area contributed by atoms with Crippen LogP contribution in [0.2, 0.25) is 0 Å². The number of carbonyl (C=O) groups is 1. The minimum absolute atomic E-state index is 0.173. The second kappa shape index (κ2) is 6.96. The van der Waals surface area contributed by atoms with Crippen LogP contribution in [-0.4, -0.2) is 10.5 Å². The molecule has 0 aliphatic rings. The Balaban J connectivity index is 2.15. The van der Waals surface area contributed by atoms with Crippen molar-refractivity contribution < 1.29 is 4.79 Å². The van der Waals surface area contributed by atoms with Crippen LogP contribution in [0.25, 0.3) is 10.2 Å². The minimum atomic E-state index is -0.173. The average Bonchev–Trinajstić information content (AvgIpc) is 2.88. The molecule has 25 heavy (non-hydrogen) atoms. The first kappa shape index (κ1) is 17.6. The summed E-state index contributed by atoms with van der Waals surface area (Å²) in [7, 11) is 0. The normalized spacial score (nSPS) is 12.1. The van der Waals surface area contributed by atoms with E-state index in [0.29, 0.717) is 5.56 Å². The summed E-state index contributed by atoms with van der Waals surface area (Å²) < 4.78 is 3.36. The fourth-order valence-electron chi connectivity index (χ4n) is 2.87. The molecule has 3 rings (SSSR count). The van der Waals surface area contributed by atoms with Crippen LogP contribution in [-0.2, 0) is 6.54 Å². The van der Waals surface area contributed by atoms with Gasteiger partial charge in [0, 0.05) is 12.1 Å². The van der Waals surface area contributed by atoms with Crippen LogP contribution in [0.15, 0.2) is 35.3 Å². The van der Waals surface area contributed by atoms with E-state index in [2.05, 4.69) is 42.5 Å². The van der Waals surface area contributed by atoms with E-state index in [-0.39, 0.29) is 5.91 Å². The van der Waals surface area contributed by atoms with Gasteiger partial charge in [-0.3, -0.25) is 4.79 Å². The number of hydrogen-bond acceptors (Lipinski definition) is 2. The maximum Gasteiger partial charge on any atom is 0.279 e. The number of carbonyl (C=O) groups excluding carboxylic acids is 1. The molecule has 130 valence electrons. The van der Waals surface area contributed by atoms with Gasteiger partial charge in [0.25, 0.3) is 5.91 Å². The fraction of sp³-hybridized carbons (Fsp3) is 0.333. The maximum absolute atomic E-state index is 12.7. The lowest BCUT2D eigenvalue weighted by molar-refractivity contribution is 0.0997. The minimum Gasteiger partial charge on any atom is -0.316 e. The predicted molar refractivity (Wildman–Crippen MR) is 105 cm³/mol. The van der Waals surface area contributed by atoms with Gasteiger partial charge >= 0.3 is 0 Å². The van der Waals surface area contributed by atoms with Gasteiger partial charge in [0.2, 0.25) is 0 Å². The Morgan fingerprint density at radius 3 is 2.36 bits per heavy atom. The van der Waals surface area contributed by atoms with E-state index in [9.17, 15) is 4.79 Å². The topological polar surface area (TPSA) is 34.4 Å². The fourth-order valence-corrected chi connectivity index (χ4v) is 4.01. The van der Waals surface area contributed by atoms with E-state index in [1.165, 1.54) is 26.9 Å². The third kappa shape index (κ3) is 3.45. The third-order valence-corrected chi connectivity index (χ3v) is 5.74. The third-order valence-electron chi connectivity index (χ3n) is 4.70. The van der Waals surface area contributed by atoms with Crippen LogP contribution in [0, 0.1) is 27.7 Å². The van der Waals surface area contributed by atoms with E-state index in [1.807, 2.05) is 32.0 Å². The first-order valence-corrected chi connectivity index (χ1v) is 9.49. The molecule has 1 heterocycles. The van der Waals surface area contributed by atoms with Gasteiger partial charge in [-0.05, 0) is 80.6 Å². The molecule has 0 radical (unpaired) electrons. The van der Waals surface area contributed by atoms with Crippen LogP contribution in [0.3, 0.4) is 0 Å². The van der Waals surface area contributed by atoms with Crippen LogP contribution in [0.5, 0.6) is 0 Å². The number of fused-ring (bicyclic) bond motifs is 1. The van der Waals surface area contributed by atoms with Crippen molar-refractivity contribution in [2.75, 3.05) is 0 Å². The number of amides is 1. The van der Waals surface area contributed by atoms with E-state index in [4.69, 9.17) is 0 Å². The highest BCUT2D eigenvalue weighted by Crippen LogP contribution is 2.22. The van der Waals surface area contributed by atoms with Crippen molar-refractivity contribution in [1.29, 1.82) is 0 Å². The van der Waals surface area contributed by atoms with Crippen molar-refractivity contribution in [3.63, 3.8) is 0 Å². The largest absolute Gasteiger partial charge is 0.316 e. The zero-order valence-electron chi connectivity index (χ0n) is 15.5. The zero-order valence-corrected chi connectivity index (χ0v) is 16.3. The van der Waals surface area contributed by atoms with E-state index in [0.717, 1.165) is 23.3 Å². The molecule has 0 saturated heterocycles. The number of benzene rings is 2. The second-order valence-corrected chi connectivity index (χ2v) is 7.67. The monoisotopic (exact) mass is 352 g/mol. The summed E-state index contributed by atoms with van der Waals surface area (Å²) >= 11 is 1.59. The SMILES string of the molecule is CCCn1c(=NC(=O)c2ccc(C)c(C)c2)sc2cc(C)c(C)cc21. The first-order chi connectivity index (χ1) is 11.9. The Bertz CT molecular complexity index is 1020. The van der Waals surface area contributed by atoms with E-state index in [1.54, 1.807) is 11.3 Å². The lowest BCUT2D eigenvalue weighted by atomic mass is 10.1. The molecule has 0 aliphatic carbocycles. The maximum atomic E-state index is 12.7. The standard InChI is InChI=1S/C21H24N2OS/c1-6-9-23-18-11-15(4)16(5)12-19(18)25-21(23)22-20(24)17-8-7-13(2)14(3)10-17/h7-8,10-12H,6,9H2,1-5H3. The predicted octanol–water partition coefficient (Wildman–Crippen LogP) is 5.09. The van der Waals surface area contributed by atoms with Gasteiger partial charge in [0.05, 0.1) is 10.2 Å². The highest BCUT2D eigenvalue weighted by atomic mass is 32.1. The van der Waals surface area contributed by atoms with Gasteiger partial charge in [-0.15, -0.1) is 0 Å². The Morgan fingerprint density at radius 2 is 1.68 bits per heavy atom. The van der Waals surface area contributed by atoms with Crippen LogP contribution < -0.4 is 4.80 Å². The number of rotatable bonds is 3. The van der Waals surface area contributed by atoms with Gasteiger partial charge in [0.1, 0.15) is 0 Å². The highest BCUT2D eigenvalue weighted by Gasteiger charge is 2.11. The van der Waals surface area contributed by atoms with Crippen molar-refractivity contribution in [3.8, 4) is 0 Å². The summed E-state index contributed by atoms with van der Waals surface area (Å²) in [6, 6.07) is 10.2. The number of hydrogen-bond donors (Lipinski definition) is 0. The Labute approximate surface area is 152 Å². The summed E-state index contributed by atoms with van der Waals surface area (Å²) in [5.74, 6) is -0.173. The van der Waals surface area contributed by atoms with Gasteiger partial charge in [-0.25, -0.2) is 0 Å². The van der Waals surface area contributed by atoms with E-state index >= 15 is 0 Å². The van der Waals surface area contributed by atoms with Crippen molar-refractivity contribution in [2.24, 2.45) is 4.99 Å². The van der Waals surface area contributed by atoms with Crippen molar-refractivity contribution in [2.45, 2.75) is 47.6 Å². The summed E-state index contributed by atoms with van der Waals surface area (Å²) in [5, 5.41) is 0. The molecule has 0 atom stereocenters. The molecule has 3 nitrogen and oxygen atoms in total. The molecular weight excluding hydrogens is 328 g/mol. The summed E-state index contributed by atoms with van der Waals surface area (Å²) in [6.45, 7) is 11.3. The molecule has 0 fully saturated rings. The summed E-state index contributed by atoms with van der Waals surface area (Å²) in [6.07, 6.45) is 1.00. The summed E-state index contributed by atoms with van der Waals surface area (Å²) in [5.41, 5.74) is 6.65. The molecule has 0 aliphatic heterocycles. The molecule has 1 aromatic heterocycles. The van der Waals surface area contributed by atoms with E-state index < -0.39 is 0 Å². The van der Waals surface area contributed by atoms with Crippen molar-refractivity contribution >= 4 is 27.5 Å². The lowest BCUT2D eigenvalue weighted by Crippen LogP contribution is -2.17.